The fourth-order valence-electron chi connectivity index (χ4n) is 4.29. The van der Waals surface area contributed by atoms with Crippen molar-refractivity contribution in [3.05, 3.63) is 0 Å². The Morgan fingerprint density at radius 2 is 1.87 bits per heavy atom. The van der Waals surface area contributed by atoms with Crippen molar-refractivity contribution in [3.63, 3.8) is 0 Å². The van der Waals surface area contributed by atoms with Crippen molar-refractivity contribution >= 4 is 24.4 Å². The number of rotatable bonds is 11. The summed E-state index contributed by atoms with van der Waals surface area (Å²) in [4.78, 5) is 12.7. The molecule has 9 heteroatoms. The summed E-state index contributed by atoms with van der Waals surface area (Å²) in [7, 11) is -5.18. The molecule has 0 radical (unpaired) electrons. The smallest absolute Gasteiger partial charge is 0.311 e. The Balaban J connectivity index is 1.87. The summed E-state index contributed by atoms with van der Waals surface area (Å²) < 4.78 is 39.1. The highest BCUT2D eigenvalue weighted by atomic mass is 32.2. The number of hydrogen-bond acceptors (Lipinski definition) is 7. The molecule has 0 aliphatic carbocycles. The number of cyclic esters (lactones) is 1. The van der Waals surface area contributed by atoms with Gasteiger partial charge in [0.15, 0.2) is 8.32 Å². The second-order valence-electron chi connectivity index (χ2n) is 10.3. The number of hydrogen-bond donors (Lipinski definition) is 1. The van der Waals surface area contributed by atoms with Crippen LogP contribution in [0, 0.1) is 5.92 Å². The van der Waals surface area contributed by atoms with E-state index in [-0.39, 0.29) is 35.2 Å². The molecular formula is C21H41NO6SSi. The van der Waals surface area contributed by atoms with Gasteiger partial charge in [0.2, 0.25) is 0 Å². The van der Waals surface area contributed by atoms with Gasteiger partial charge in [-0.2, -0.15) is 8.42 Å². The molecule has 0 bridgehead atoms. The molecule has 0 aromatic carbocycles. The molecule has 2 saturated heterocycles. The standard InChI is InChI=1S/C21H41NO6SSi/c1-20(2,3)30(5,6)27-16-9-12-18-21(13-10-14-22-21)17(19(23)28-18)11-7-8-15-26-29(4,24)25/h17-18,22H,7-16H2,1-6H3/t17-,18?,21-/m0/s1. The van der Waals surface area contributed by atoms with E-state index in [2.05, 4.69) is 39.2 Å². The van der Waals surface area contributed by atoms with E-state index in [1.54, 1.807) is 0 Å². The third kappa shape index (κ3) is 6.51. The zero-order chi connectivity index (χ0) is 22.6. The van der Waals surface area contributed by atoms with Gasteiger partial charge in [-0.1, -0.05) is 27.2 Å². The Hall–Kier alpha value is -0.483. The first kappa shape index (κ1) is 25.8. The fourth-order valence-corrected chi connectivity index (χ4v) is 5.80. The van der Waals surface area contributed by atoms with E-state index in [4.69, 9.17) is 13.3 Å². The molecule has 2 aliphatic heterocycles. The number of ether oxygens (including phenoxy) is 1. The lowest BCUT2D eigenvalue weighted by Gasteiger charge is -2.36. The van der Waals surface area contributed by atoms with Crippen LogP contribution in [0.4, 0.5) is 0 Å². The topological polar surface area (TPSA) is 90.9 Å². The van der Waals surface area contributed by atoms with Crippen molar-refractivity contribution in [3.8, 4) is 0 Å². The zero-order valence-corrected chi connectivity index (χ0v) is 21.4. The third-order valence-corrected chi connectivity index (χ3v) is 12.2. The van der Waals surface area contributed by atoms with Gasteiger partial charge in [-0.25, -0.2) is 0 Å². The lowest BCUT2D eigenvalue weighted by Crippen LogP contribution is -2.52. The molecule has 2 aliphatic rings. The van der Waals surface area contributed by atoms with Crippen molar-refractivity contribution < 1.29 is 26.6 Å². The van der Waals surface area contributed by atoms with E-state index in [9.17, 15) is 13.2 Å². The first-order valence-corrected chi connectivity index (χ1v) is 15.9. The van der Waals surface area contributed by atoms with Gasteiger partial charge < -0.3 is 14.5 Å². The first-order chi connectivity index (χ1) is 13.8. The highest BCUT2D eigenvalue weighted by molar-refractivity contribution is 7.85. The van der Waals surface area contributed by atoms with Gasteiger partial charge in [0.25, 0.3) is 10.1 Å². The quantitative estimate of drug-likeness (QED) is 0.217. The van der Waals surface area contributed by atoms with Crippen LogP contribution in [0.1, 0.15) is 65.7 Å². The molecule has 0 aromatic rings. The number of unbranched alkanes of at least 4 members (excludes halogenated alkanes) is 1. The molecule has 2 fully saturated rings. The van der Waals surface area contributed by atoms with Crippen LogP contribution < -0.4 is 5.32 Å². The minimum absolute atomic E-state index is 0.118. The highest BCUT2D eigenvalue weighted by Gasteiger charge is 2.57. The maximum absolute atomic E-state index is 12.7. The fraction of sp³-hybridized carbons (Fsp3) is 0.952. The molecule has 0 amide bonds. The second kappa shape index (κ2) is 9.98. The SMILES string of the molecule is CC(C)(C)[Si](C)(C)OCCCC1OC(=O)[C@H](CCCCOS(C)(=O)=O)[C@@]12CCCN2. The predicted molar refractivity (Wildman–Crippen MR) is 120 cm³/mol. The molecular weight excluding hydrogens is 422 g/mol. The van der Waals surface area contributed by atoms with Crippen molar-refractivity contribution in [2.45, 2.75) is 95.5 Å². The van der Waals surface area contributed by atoms with Crippen LogP contribution in [-0.4, -0.2) is 60.4 Å². The van der Waals surface area contributed by atoms with Crippen molar-refractivity contribution in [2.75, 3.05) is 26.0 Å². The van der Waals surface area contributed by atoms with Crippen LogP contribution in [0.5, 0.6) is 0 Å². The summed E-state index contributed by atoms with van der Waals surface area (Å²) >= 11 is 0. The lowest BCUT2D eigenvalue weighted by molar-refractivity contribution is -0.144. The van der Waals surface area contributed by atoms with Crippen molar-refractivity contribution in [2.24, 2.45) is 5.92 Å². The van der Waals surface area contributed by atoms with Crippen LogP contribution in [0.15, 0.2) is 0 Å². The van der Waals surface area contributed by atoms with Gasteiger partial charge in [-0.3, -0.25) is 8.98 Å². The van der Waals surface area contributed by atoms with E-state index >= 15 is 0 Å². The average Bonchev–Trinajstić information content (AvgIpc) is 3.17. The molecule has 1 N–H and O–H groups in total. The predicted octanol–water partition coefficient (Wildman–Crippen LogP) is 3.60. The summed E-state index contributed by atoms with van der Waals surface area (Å²) in [6.45, 7) is 13.0. The van der Waals surface area contributed by atoms with Crippen molar-refractivity contribution in [1.29, 1.82) is 0 Å². The second-order valence-corrected chi connectivity index (χ2v) is 16.8. The van der Waals surface area contributed by atoms with Crippen LogP contribution in [0.3, 0.4) is 0 Å². The van der Waals surface area contributed by atoms with Crippen LogP contribution in [0.2, 0.25) is 18.1 Å². The van der Waals surface area contributed by atoms with Crippen LogP contribution in [0.25, 0.3) is 0 Å². The molecule has 0 saturated carbocycles. The molecule has 2 heterocycles. The Bertz CT molecular complexity index is 682. The van der Waals surface area contributed by atoms with Crippen molar-refractivity contribution in [1.82, 2.24) is 5.32 Å². The molecule has 1 spiro atoms. The van der Waals surface area contributed by atoms with Gasteiger partial charge in [-0.15, -0.1) is 0 Å². The van der Waals surface area contributed by atoms with Crippen LogP contribution >= 0.6 is 0 Å². The monoisotopic (exact) mass is 463 g/mol. The maximum atomic E-state index is 12.7. The number of nitrogens with one attached hydrogen (secondary N) is 1. The van der Waals surface area contributed by atoms with E-state index in [1.165, 1.54) is 0 Å². The number of carbonyl (C=O) groups is 1. The Labute approximate surface area is 183 Å². The van der Waals surface area contributed by atoms with Gasteiger partial charge in [-0.05, 0) is 63.2 Å². The molecule has 0 aromatic heterocycles. The molecule has 176 valence electrons. The summed E-state index contributed by atoms with van der Waals surface area (Å²) in [5.41, 5.74) is -0.286. The third-order valence-electron chi connectivity index (χ3n) is 7.02. The largest absolute Gasteiger partial charge is 0.460 e. The zero-order valence-electron chi connectivity index (χ0n) is 19.6. The molecule has 2 rings (SSSR count). The minimum Gasteiger partial charge on any atom is -0.460 e. The van der Waals surface area contributed by atoms with Gasteiger partial charge in [0.1, 0.15) is 6.10 Å². The van der Waals surface area contributed by atoms with E-state index < -0.39 is 18.4 Å². The normalized spacial score (nSPS) is 27.7. The number of esters is 1. The molecule has 1 unspecified atom stereocenters. The molecule has 30 heavy (non-hydrogen) atoms. The van der Waals surface area contributed by atoms with Gasteiger partial charge >= 0.3 is 5.97 Å². The Morgan fingerprint density at radius 3 is 2.43 bits per heavy atom. The molecule has 7 nitrogen and oxygen atoms in total. The lowest BCUT2D eigenvalue weighted by atomic mass is 9.76. The van der Waals surface area contributed by atoms with Gasteiger partial charge in [0.05, 0.1) is 24.3 Å². The maximum Gasteiger partial charge on any atom is 0.311 e. The molecule has 3 atom stereocenters. The average molecular weight is 464 g/mol. The minimum atomic E-state index is -3.41. The summed E-state index contributed by atoms with van der Waals surface area (Å²) in [5.74, 6) is -0.298. The summed E-state index contributed by atoms with van der Waals surface area (Å²) in [6.07, 6.45) is 6.64. The summed E-state index contributed by atoms with van der Waals surface area (Å²) in [6, 6.07) is 0. The van der Waals surface area contributed by atoms with E-state index in [0.717, 1.165) is 44.9 Å². The Morgan fingerprint density at radius 1 is 1.17 bits per heavy atom. The van der Waals surface area contributed by atoms with E-state index in [1.807, 2.05) is 0 Å². The van der Waals surface area contributed by atoms with Crippen LogP contribution in [-0.2, 0) is 28.3 Å². The number of carbonyl (C=O) groups excluding carboxylic acids is 1. The van der Waals surface area contributed by atoms with E-state index in [0.29, 0.717) is 19.4 Å². The Kier molecular flexibility index (Phi) is 8.57. The van der Waals surface area contributed by atoms with Gasteiger partial charge in [0, 0.05) is 6.61 Å². The summed E-state index contributed by atoms with van der Waals surface area (Å²) in [5, 5.41) is 3.79. The highest BCUT2D eigenvalue weighted by Crippen LogP contribution is 2.43. The first-order valence-electron chi connectivity index (χ1n) is 11.2.